The number of rotatable bonds is 6. The van der Waals surface area contributed by atoms with Gasteiger partial charge in [-0.05, 0) is 55.1 Å². The highest BCUT2D eigenvalue weighted by molar-refractivity contribution is 7.99. The second kappa shape index (κ2) is 8.55. The van der Waals surface area contributed by atoms with Crippen molar-refractivity contribution in [3.05, 3.63) is 47.5 Å². The largest absolute Gasteiger partial charge is 0.426 e. The molecule has 11 heteroatoms. The molecule has 1 amide bonds. The van der Waals surface area contributed by atoms with Gasteiger partial charge in [-0.2, -0.15) is 13.2 Å². The number of thioether (sulfide) groups is 1. The van der Waals surface area contributed by atoms with E-state index in [1.807, 2.05) is 12.2 Å². The monoisotopic (exact) mass is 467 g/mol. The molecule has 0 aliphatic rings. The molecule has 29 heavy (non-hydrogen) atoms. The Bertz CT molecular complexity index is 1010. The molecule has 5 nitrogen and oxygen atoms in total. The number of amides is 1. The minimum Gasteiger partial charge on any atom is -0.373 e. The van der Waals surface area contributed by atoms with Crippen LogP contribution in [0, 0.1) is 0 Å². The Balaban J connectivity index is 2.30. The molecule has 0 bridgehead atoms. The number of carbonyl (C=O) groups is 1. The number of hydrogen-bond donors (Lipinski definition) is 2. The van der Waals surface area contributed by atoms with Crippen LogP contribution in [0.5, 0.6) is 0 Å². The summed E-state index contributed by atoms with van der Waals surface area (Å²) in [6.45, 7) is 2.27. The third-order valence-corrected chi connectivity index (χ3v) is 6.91. The molecular weight excluding hydrogens is 451 g/mol. The lowest BCUT2D eigenvalue weighted by atomic mass is 10.1. The smallest absolute Gasteiger partial charge is 0.373 e. The maximum absolute atomic E-state index is 12.7. The first-order chi connectivity index (χ1) is 13.3. The van der Waals surface area contributed by atoms with Gasteiger partial charge in [0.2, 0.25) is 15.4 Å². The molecule has 0 saturated heterocycles. The fourth-order valence-electron chi connectivity index (χ4n) is 2.15. The average molecular weight is 468 g/mol. The molecule has 0 aliphatic carbocycles. The zero-order valence-corrected chi connectivity index (χ0v) is 17.6. The molecule has 158 valence electrons. The summed E-state index contributed by atoms with van der Waals surface area (Å²) in [5, 5.41) is 10.9. The average Bonchev–Trinajstić information content (AvgIpc) is 2.63. The minimum atomic E-state index is -5.20. The number of anilines is 1. The van der Waals surface area contributed by atoms with E-state index >= 15 is 0 Å². The Morgan fingerprint density at radius 1 is 1.14 bits per heavy atom. The van der Waals surface area contributed by atoms with E-state index in [-0.39, 0.29) is 20.5 Å². The maximum atomic E-state index is 12.7. The van der Waals surface area contributed by atoms with Crippen LogP contribution in [0.2, 0.25) is 5.02 Å². The fraction of sp³-hybridized carbons (Fsp3) is 0.278. The highest BCUT2D eigenvalue weighted by Gasteiger charge is 2.55. The Hall–Kier alpha value is -1.75. The number of aliphatic hydroxyl groups is 1. The van der Waals surface area contributed by atoms with Crippen LogP contribution in [-0.2, 0) is 14.6 Å². The molecule has 0 saturated carbocycles. The second-order valence-electron chi connectivity index (χ2n) is 6.07. The van der Waals surface area contributed by atoms with Crippen molar-refractivity contribution >= 4 is 44.8 Å². The zero-order valence-electron chi connectivity index (χ0n) is 15.2. The minimum absolute atomic E-state index is 0.0193. The summed E-state index contributed by atoms with van der Waals surface area (Å²) in [5.41, 5.74) is -3.91. The fourth-order valence-corrected chi connectivity index (χ4v) is 4.40. The predicted molar refractivity (Wildman–Crippen MR) is 105 cm³/mol. The van der Waals surface area contributed by atoms with Crippen molar-refractivity contribution in [2.24, 2.45) is 0 Å². The number of benzene rings is 2. The molecule has 1 atom stereocenters. The standard InChI is InChI=1S/C18H17ClF3NO4S2/c1-3-28-11-4-6-12(7-5-11)29(26,27)13-8-9-15(14(19)10-13)23-16(24)17(2,25)18(20,21)22/h4-10,25H,3H2,1-2H3,(H,23,24)/t17-/m1/s1. The van der Waals surface area contributed by atoms with Crippen LogP contribution in [0.1, 0.15) is 13.8 Å². The lowest BCUT2D eigenvalue weighted by Gasteiger charge is -2.25. The van der Waals surface area contributed by atoms with Crippen molar-refractivity contribution < 1.29 is 31.5 Å². The molecule has 0 unspecified atom stereocenters. The van der Waals surface area contributed by atoms with E-state index in [0.29, 0.717) is 6.92 Å². The lowest BCUT2D eigenvalue weighted by Crippen LogP contribution is -2.52. The number of halogens is 4. The van der Waals surface area contributed by atoms with Gasteiger partial charge in [0, 0.05) is 4.90 Å². The van der Waals surface area contributed by atoms with Crippen molar-refractivity contribution in [3.8, 4) is 0 Å². The molecule has 0 aliphatic heterocycles. The van der Waals surface area contributed by atoms with E-state index in [9.17, 15) is 31.5 Å². The number of sulfone groups is 1. The van der Waals surface area contributed by atoms with Crippen molar-refractivity contribution in [1.82, 2.24) is 0 Å². The summed E-state index contributed by atoms with van der Waals surface area (Å²) in [6.07, 6.45) is -5.20. The van der Waals surface area contributed by atoms with E-state index < -0.39 is 27.5 Å². The van der Waals surface area contributed by atoms with Crippen LogP contribution in [0.15, 0.2) is 57.2 Å². The lowest BCUT2D eigenvalue weighted by molar-refractivity contribution is -0.242. The maximum Gasteiger partial charge on any atom is 0.426 e. The van der Waals surface area contributed by atoms with Crippen molar-refractivity contribution in [3.63, 3.8) is 0 Å². The normalized spacial score (nSPS) is 14.3. The second-order valence-corrected chi connectivity index (χ2v) is 9.77. The Morgan fingerprint density at radius 3 is 2.17 bits per heavy atom. The van der Waals surface area contributed by atoms with Crippen molar-refractivity contribution in [2.75, 3.05) is 11.1 Å². The zero-order chi connectivity index (χ0) is 22.0. The first-order valence-electron chi connectivity index (χ1n) is 8.18. The molecule has 2 aromatic rings. The van der Waals surface area contributed by atoms with Crippen molar-refractivity contribution in [2.45, 2.75) is 40.3 Å². The number of carbonyl (C=O) groups excluding carboxylic acids is 1. The van der Waals surface area contributed by atoms with E-state index in [2.05, 4.69) is 0 Å². The quantitative estimate of drug-likeness (QED) is 0.609. The van der Waals surface area contributed by atoms with E-state index in [0.717, 1.165) is 28.8 Å². The molecule has 2 N–H and O–H groups in total. The molecule has 0 heterocycles. The highest BCUT2D eigenvalue weighted by atomic mass is 35.5. The molecule has 0 spiro atoms. The number of alkyl halides is 3. The Morgan fingerprint density at radius 2 is 1.69 bits per heavy atom. The molecular formula is C18H17ClF3NO4S2. The summed E-state index contributed by atoms with van der Waals surface area (Å²) in [6, 6.07) is 9.39. The summed E-state index contributed by atoms with van der Waals surface area (Å²) < 4.78 is 63.7. The van der Waals surface area contributed by atoms with Crippen LogP contribution < -0.4 is 5.32 Å². The molecule has 0 fully saturated rings. The van der Waals surface area contributed by atoms with Crippen molar-refractivity contribution in [1.29, 1.82) is 0 Å². The SMILES string of the molecule is CCSc1ccc(S(=O)(=O)c2ccc(NC(=O)[C@@](C)(O)C(F)(F)F)c(Cl)c2)cc1. The van der Waals surface area contributed by atoms with Gasteiger partial charge in [-0.3, -0.25) is 4.79 Å². The van der Waals surface area contributed by atoms with Gasteiger partial charge in [-0.15, -0.1) is 11.8 Å². The van der Waals surface area contributed by atoms with Gasteiger partial charge in [-0.1, -0.05) is 18.5 Å². The number of hydrogen-bond acceptors (Lipinski definition) is 5. The van der Waals surface area contributed by atoms with Gasteiger partial charge in [-0.25, -0.2) is 8.42 Å². The van der Waals surface area contributed by atoms with Crippen LogP contribution in [0.3, 0.4) is 0 Å². The third kappa shape index (κ3) is 5.06. The van der Waals surface area contributed by atoms with E-state index in [1.54, 1.807) is 23.9 Å². The summed E-state index contributed by atoms with van der Waals surface area (Å²) in [7, 11) is -3.93. The molecule has 2 aromatic carbocycles. The van der Waals surface area contributed by atoms with Gasteiger partial charge in [0.1, 0.15) is 0 Å². The van der Waals surface area contributed by atoms with Crippen LogP contribution in [0.25, 0.3) is 0 Å². The van der Waals surface area contributed by atoms with E-state index in [4.69, 9.17) is 11.6 Å². The summed E-state index contributed by atoms with van der Waals surface area (Å²) >= 11 is 7.50. The Labute approximate surface area is 175 Å². The van der Waals surface area contributed by atoms with Gasteiger partial charge in [0.25, 0.3) is 5.91 Å². The van der Waals surface area contributed by atoms with Gasteiger partial charge >= 0.3 is 6.18 Å². The van der Waals surface area contributed by atoms with Gasteiger partial charge < -0.3 is 10.4 Å². The predicted octanol–water partition coefficient (Wildman–Crippen LogP) is 4.54. The van der Waals surface area contributed by atoms with Crippen LogP contribution in [0.4, 0.5) is 18.9 Å². The highest BCUT2D eigenvalue weighted by Crippen LogP contribution is 2.33. The van der Waals surface area contributed by atoms with Crippen LogP contribution >= 0.6 is 23.4 Å². The van der Waals surface area contributed by atoms with Gasteiger partial charge in [0.05, 0.1) is 20.5 Å². The first kappa shape index (κ1) is 23.5. The molecule has 2 rings (SSSR count). The third-order valence-electron chi connectivity index (χ3n) is 3.94. The summed E-state index contributed by atoms with van der Waals surface area (Å²) in [5.74, 6) is -0.914. The molecule has 0 aromatic heterocycles. The van der Waals surface area contributed by atoms with E-state index in [1.165, 1.54) is 12.1 Å². The summed E-state index contributed by atoms with van der Waals surface area (Å²) in [4.78, 5) is 12.5. The van der Waals surface area contributed by atoms with Crippen LogP contribution in [-0.4, -0.2) is 37.0 Å². The first-order valence-corrected chi connectivity index (χ1v) is 11.0. The topological polar surface area (TPSA) is 83.5 Å². The Kier molecular flexibility index (Phi) is 6.93. The van der Waals surface area contributed by atoms with Gasteiger partial charge in [0.15, 0.2) is 0 Å². The number of nitrogens with one attached hydrogen (secondary N) is 1. The molecule has 0 radical (unpaired) electrons.